The van der Waals surface area contributed by atoms with Gasteiger partial charge in [-0.2, -0.15) is 13.2 Å². The number of aromatic hydroxyl groups is 1. The number of rotatable bonds is 3. The molecule has 3 aromatic rings. The summed E-state index contributed by atoms with van der Waals surface area (Å²) in [5, 5.41) is 12.4. The number of carbonyl (C=O) groups is 1. The van der Waals surface area contributed by atoms with Crippen molar-refractivity contribution in [2.24, 2.45) is 0 Å². The fourth-order valence-corrected chi connectivity index (χ4v) is 2.93. The largest absolute Gasteiger partial charge is 0.508 e. The quantitative estimate of drug-likeness (QED) is 0.610. The monoisotopic (exact) mass is 390 g/mol. The summed E-state index contributed by atoms with van der Waals surface area (Å²) >= 11 is 0. The maximum Gasteiger partial charge on any atom is 0.418 e. The molecule has 8 heteroatoms. The zero-order valence-electron chi connectivity index (χ0n) is 15.0. The van der Waals surface area contributed by atoms with E-state index in [0.717, 1.165) is 18.3 Å². The van der Waals surface area contributed by atoms with Gasteiger partial charge in [0.1, 0.15) is 11.3 Å². The predicted molar refractivity (Wildman–Crippen MR) is 99.7 cm³/mol. The number of anilines is 1. The number of alkyl halides is 3. The van der Waals surface area contributed by atoms with Crippen LogP contribution in [0.5, 0.6) is 5.75 Å². The van der Waals surface area contributed by atoms with Crippen LogP contribution in [-0.2, 0) is 6.18 Å². The Labute approximate surface area is 157 Å². The first-order valence-electron chi connectivity index (χ1n) is 8.45. The van der Waals surface area contributed by atoms with Crippen LogP contribution in [-0.4, -0.2) is 16.0 Å². The van der Waals surface area contributed by atoms with Crippen molar-refractivity contribution in [3.8, 4) is 5.75 Å². The SMILES string of the molecule is CC(C)c1cc(C(F)(F)F)c(NC(=O)c2c[nH]c3ccccc3c2=O)cc1O. The van der Waals surface area contributed by atoms with Crippen LogP contribution in [0.2, 0.25) is 0 Å². The van der Waals surface area contributed by atoms with E-state index in [2.05, 4.69) is 10.3 Å². The van der Waals surface area contributed by atoms with Crippen LogP contribution in [0.1, 0.15) is 41.3 Å². The van der Waals surface area contributed by atoms with E-state index in [-0.39, 0.29) is 28.2 Å². The minimum atomic E-state index is -4.75. The normalized spacial score (nSPS) is 11.8. The molecule has 0 unspecified atom stereocenters. The maximum absolute atomic E-state index is 13.5. The first-order chi connectivity index (χ1) is 13.1. The van der Waals surface area contributed by atoms with Crippen LogP contribution in [0, 0.1) is 0 Å². The van der Waals surface area contributed by atoms with Gasteiger partial charge in [-0.3, -0.25) is 9.59 Å². The van der Waals surface area contributed by atoms with E-state index in [1.165, 1.54) is 6.07 Å². The van der Waals surface area contributed by atoms with Crippen molar-refractivity contribution < 1.29 is 23.1 Å². The summed E-state index contributed by atoms with van der Waals surface area (Å²) in [6.45, 7) is 3.28. The van der Waals surface area contributed by atoms with Crippen molar-refractivity contribution in [1.29, 1.82) is 0 Å². The number of amides is 1. The van der Waals surface area contributed by atoms with Crippen LogP contribution in [0.4, 0.5) is 18.9 Å². The number of H-pyrrole nitrogens is 1. The molecule has 0 aliphatic rings. The number of pyridine rings is 1. The van der Waals surface area contributed by atoms with Crippen molar-refractivity contribution in [1.82, 2.24) is 4.98 Å². The number of phenols is 1. The number of aromatic nitrogens is 1. The Morgan fingerprint density at radius 1 is 1.18 bits per heavy atom. The Bertz CT molecular complexity index is 1120. The molecule has 1 amide bonds. The minimum Gasteiger partial charge on any atom is -0.508 e. The summed E-state index contributed by atoms with van der Waals surface area (Å²) < 4.78 is 40.4. The van der Waals surface area contributed by atoms with E-state index in [1.807, 2.05) is 0 Å². The lowest BCUT2D eigenvalue weighted by Gasteiger charge is -2.18. The second-order valence-corrected chi connectivity index (χ2v) is 6.64. The molecule has 5 nitrogen and oxygen atoms in total. The third-order valence-corrected chi connectivity index (χ3v) is 4.38. The molecule has 0 spiro atoms. The van der Waals surface area contributed by atoms with Crippen molar-refractivity contribution in [2.45, 2.75) is 25.9 Å². The van der Waals surface area contributed by atoms with Gasteiger partial charge in [0.2, 0.25) is 5.43 Å². The first kappa shape index (κ1) is 19.5. The van der Waals surface area contributed by atoms with Crippen LogP contribution < -0.4 is 10.7 Å². The number of nitrogens with one attached hydrogen (secondary N) is 2. The smallest absolute Gasteiger partial charge is 0.418 e. The number of carbonyl (C=O) groups excluding carboxylic acids is 1. The molecule has 1 heterocycles. The summed E-state index contributed by atoms with van der Waals surface area (Å²) in [5.41, 5.74) is -2.05. The molecule has 28 heavy (non-hydrogen) atoms. The molecule has 0 saturated carbocycles. The second-order valence-electron chi connectivity index (χ2n) is 6.64. The highest BCUT2D eigenvalue weighted by atomic mass is 19.4. The zero-order chi connectivity index (χ0) is 20.6. The number of hydrogen-bond acceptors (Lipinski definition) is 3. The third-order valence-electron chi connectivity index (χ3n) is 4.38. The molecule has 1 aromatic heterocycles. The lowest BCUT2D eigenvalue weighted by Crippen LogP contribution is -2.23. The van der Waals surface area contributed by atoms with Crippen molar-refractivity contribution in [3.63, 3.8) is 0 Å². The summed E-state index contributed by atoms with van der Waals surface area (Å²) in [6.07, 6.45) is -3.61. The Hall–Kier alpha value is -3.29. The number of fused-ring (bicyclic) bond motifs is 1. The topological polar surface area (TPSA) is 82.2 Å². The Balaban J connectivity index is 2.06. The van der Waals surface area contributed by atoms with Gasteiger partial charge >= 0.3 is 6.18 Å². The molecule has 146 valence electrons. The van der Waals surface area contributed by atoms with Gasteiger partial charge in [0, 0.05) is 23.2 Å². The number of benzene rings is 2. The molecular weight excluding hydrogens is 373 g/mol. The highest BCUT2D eigenvalue weighted by Gasteiger charge is 2.35. The van der Waals surface area contributed by atoms with Crippen LogP contribution >= 0.6 is 0 Å². The highest BCUT2D eigenvalue weighted by Crippen LogP contribution is 2.40. The molecule has 0 aliphatic carbocycles. The van der Waals surface area contributed by atoms with E-state index < -0.39 is 28.8 Å². The number of para-hydroxylation sites is 1. The number of phenolic OH excluding ortho intramolecular Hbond substituents is 1. The van der Waals surface area contributed by atoms with Crippen LogP contribution in [0.15, 0.2) is 47.4 Å². The molecule has 2 aromatic carbocycles. The summed E-state index contributed by atoms with van der Waals surface area (Å²) in [7, 11) is 0. The molecule has 0 bridgehead atoms. The molecule has 3 N–H and O–H groups in total. The van der Waals surface area contributed by atoms with E-state index in [4.69, 9.17) is 0 Å². The van der Waals surface area contributed by atoms with Crippen LogP contribution in [0.25, 0.3) is 10.9 Å². The average molecular weight is 390 g/mol. The molecule has 0 fully saturated rings. The molecule has 0 aliphatic heterocycles. The van der Waals surface area contributed by atoms with Gasteiger partial charge in [0.25, 0.3) is 5.91 Å². The standard InChI is InChI=1S/C20H17F3N2O3/c1-10(2)12-7-14(20(21,22)23)16(8-17(12)26)25-19(28)13-9-24-15-6-4-3-5-11(15)18(13)27/h3-10,26H,1-2H3,(H,24,27)(H,25,28). The fraction of sp³-hybridized carbons (Fsp3) is 0.200. The van der Waals surface area contributed by atoms with E-state index in [9.17, 15) is 27.9 Å². The van der Waals surface area contributed by atoms with E-state index >= 15 is 0 Å². The van der Waals surface area contributed by atoms with Gasteiger partial charge in [-0.1, -0.05) is 26.0 Å². The van der Waals surface area contributed by atoms with Crippen molar-refractivity contribution in [2.75, 3.05) is 5.32 Å². The fourth-order valence-electron chi connectivity index (χ4n) is 2.93. The second kappa shape index (κ2) is 7.03. The lowest BCUT2D eigenvalue weighted by atomic mass is 9.98. The van der Waals surface area contributed by atoms with E-state index in [0.29, 0.717) is 5.52 Å². The Morgan fingerprint density at radius 3 is 2.50 bits per heavy atom. The zero-order valence-corrected chi connectivity index (χ0v) is 15.0. The molecule has 3 rings (SSSR count). The minimum absolute atomic E-state index is 0.105. The van der Waals surface area contributed by atoms with Gasteiger partial charge < -0.3 is 15.4 Å². The lowest BCUT2D eigenvalue weighted by molar-refractivity contribution is -0.137. The van der Waals surface area contributed by atoms with Gasteiger partial charge in [0.15, 0.2) is 0 Å². The summed E-state index contributed by atoms with van der Waals surface area (Å²) in [5.74, 6) is -1.73. The third kappa shape index (κ3) is 3.58. The molecule has 0 radical (unpaired) electrons. The summed E-state index contributed by atoms with van der Waals surface area (Å²) in [6, 6.07) is 8.13. The maximum atomic E-state index is 13.5. The molecular formula is C20H17F3N2O3. The molecule has 0 atom stereocenters. The number of hydrogen-bond donors (Lipinski definition) is 3. The highest BCUT2D eigenvalue weighted by molar-refractivity contribution is 6.06. The van der Waals surface area contributed by atoms with E-state index in [1.54, 1.807) is 32.0 Å². The van der Waals surface area contributed by atoms with Gasteiger partial charge in [-0.25, -0.2) is 0 Å². The number of aromatic amines is 1. The Kier molecular flexibility index (Phi) is 4.89. The van der Waals surface area contributed by atoms with Crippen molar-refractivity contribution >= 4 is 22.5 Å². The predicted octanol–water partition coefficient (Wildman–Crippen LogP) is 4.63. The van der Waals surface area contributed by atoms with Gasteiger partial charge in [-0.05, 0) is 29.7 Å². The van der Waals surface area contributed by atoms with Crippen molar-refractivity contribution in [3.05, 3.63) is 69.5 Å². The summed E-state index contributed by atoms with van der Waals surface area (Å²) in [4.78, 5) is 27.8. The van der Waals surface area contributed by atoms with Gasteiger partial charge in [0.05, 0.1) is 11.3 Å². The Morgan fingerprint density at radius 2 is 1.86 bits per heavy atom. The number of halogens is 3. The average Bonchev–Trinajstić information content (AvgIpc) is 2.60. The first-order valence-corrected chi connectivity index (χ1v) is 8.45. The molecule has 0 saturated heterocycles. The van der Waals surface area contributed by atoms with Crippen LogP contribution in [0.3, 0.4) is 0 Å². The van der Waals surface area contributed by atoms with Gasteiger partial charge in [-0.15, -0.1) is 0 Å².